The maximum absolute atomic E-state index is 11.6. The van der Waals surface area contributed by atoms with Crippen LogP contribution < -0.4 is 4.74 Å². The number of methoxy groups -OCH3 is 1. The minimum Gasteiger partial charge on any atom is -0.508 e. The molecule has 0 saturated carbocycles. The van der Waals surface area contributed by atoms with Gasteiger partial charge in [0.2, 0.25) is 0 Å². The number of unbranched alkanes of at least 4 members (excludes halogenated alkanes) is 1. The lowest BCUT2D eigenvalue weighted by Gasteiger charge is -2.17. The summed E-state index contributed by atoms with van der Waals surface area (Å²) in [4.78, 5) is 11.6. The van der Waals surface area contributed by atoms with Crippen molar-refractivity contribution in [1.29, 1.82) is 0 Å². The molecule has 0 radical (unpaired) electrons. The summed E-state index contributed by atoms with van der Waals surface area (Å²) >= 11 is 0. The van der Waals surface area contributed by atoms with E-state index in [1.54, 1.807) is 12.1 Å². The Morgan fingerprint density at radius 1 is 1.50 bits per heavy atom. The van der Waals surface area contributed by atoms with Crippen LogP contribution in [0.15, 0.2) is 24.8 Å². The van der Waals surface area contributed by atoms with Gasteiger partial charge in [0.05, 0.1) is 13.5 Å². The van der Waals surface area contributed by atoms with Gasteiger partial charge in [0.1, 0.15) is 17.6 Å². The molecule has 2 rings (SSSR count). The summed E-state index contributed by atoms with van der Waals surface area (Å²) in [6.45, 7) is 5.83. The molecule has 1 aliphatic rings. The van der Waals surface area contributed by atoms with E-state index in [9.17, 15) is 9.90 Å². The maximum Gasteiger partial charge on any atom is 0.309 e. The molecule has 4 heteroatoms. The van der Waals surface area contributed by atoms with Crippen molar-refractivity contribution in [2.24, 2.45) is 0 Å². The molecule has 22 heavy (non-hydrogen) atoms. The van der Waals surface area contributed by atoms with E-state index in [-0.39, 0.29) is 30.2 Å². The molecule has 1 N–H and O–H groups in total. The van der Waals surface area contributed by atoms with Crippen LogP contribution >= 0.6 is 0 Å². The first-order valence-electron chi connectivity index (χ1n) is 7.80. The second-order valence-corrected chi connectivity index (χ2v) is 5.70. The van der Waals surface area contributed by atoms with E-state index in [0.29, 0.717) is 6.42 Å². The zero-order valence-electron chi connectivity index (χ0n) is 13.3. The highest BCUT2D eigenvalue weighted by Gasteiger charge is 2.36. The second-order valence-electron chi connectivity index (χ2n) is 5.70. The Labute approximate surface area is 131 Å². The first-order valence-corrected chi connectivity index (χ1v) is 7.80. The summed E-state index contributed by atoms with van der Waals surface area (Å²) < 4.78 is 10.8. The molecule has 4 nitrogen and oxygen atoms in total. The molecule has 1 aromatic carbocycles. The molecule has 0 unspecified atom stereocenters. The number of aromatic hydroxyl groups is 1. The van der Waals surface area contributed by atoms with Crippen molar-refractivity contribution in [2.75, 3.05) is 7.11 Å². The van der Waals surface area contributed by atoms with E-state index in [1.165, 1.54) is 7.11 Å². The highest BCUT2D eigenvalue weighted by atomic mass is 16.5. The fraction of sp³-hybridized carbons (Fsp3) is 0.500. The van der Waals surface area contributed by atoms with Gasteiger partial charge in [-0.15, -0.1) is 6.58 Å². The summed E-state index contributed by atoms with van der Waals surface area (Å²) in [5.74, 6) is 0.889. The van der Waals surface area contributed by atoms with Crippen LogP contribution in [0.1, 0.15) is 49.7 Å². The molecule has 1 heterocycles. The van der Waals surface area contributed by atoms with Crippen LogP contribution in [-0.2, 0) is 16.0 Å². The lowest BCUT2D eigenvalue weighted by molar-refractivity contribution is -0.142. The van der Waals surface area contributed by atoms with Crippen LogP contribution in [0.2, 0.25) is 0 Å². The zero-order valence-corrected chi connectivity index (χ0v) is 13.3. The van der Waals surface area contributed by atoms with Crippen LogP contribution in [-0.4, -0.2) is 24.3 Å². The van der Waals surface area contributed by atoms with Gasteiger partial charge < -0.3 is 14.6 Å². The van der Waals surface area contributed by atoms with Crippen LogP contribution in [0, 0.1) is 0 Å². The average Bonchev–Trinajstić information content (AvgIpc) is 2.82. The van der Waals surface area contributed by atoms with E-state index in [0.717, 1.165) is 36.1 Å². The molecule has 120 valence electrons. The lowest BCUT2D eigenvalue weighted by Crippen LogP contribution is -2.23. The van der Waals surface area contributed by atoms with Gasteiger partial charge in [0.15, 0.2) is 0 Å². The smallest absolute Gasteiger partial charge is 0.309 e. The van der Waals surface area contributed by atoms with Crippen molar-refractivity contribution in [2.45, 2.75) is 51.0 Å². The van der Waals surface area contributed by atoms with Crippen molar-refractivity contribution in [3.05, 3.63) is 35.9 Å². The summed E-state index contributed by atoms with van der Waals surface area (Å²) in [6.07, 6.45) is 5.42. The quantitative estimate of drug-likeness (QED) is 0.616. The first-order chi connectivity index (χ1) is 10.6. The van der Waals surface area contributed by atoms with E-state index in [2.05, 4.69) is 13.5 Å². The van der Waals surface area contributed by atoms with Gasteiger partial charge in [0, 0.05) is 17.0 Å². The van der Waals surface area contributed by atoms with Gasteiger partial charge >= 0.3 is 5.97 Å². The summed E-state index contributed by atoms with van der Waals surface area (Å²) in [5.41, 5.74) is 1.79. The Bertz CT molecular complexity index is 550. The Morgan fingerprint density at radius 3 is 2.91 bits per heavy atom. The number of allylic oxidation sites excluding steroid dienone is 1. The summed E-state index contributed by atoms with van der Waals surface area (Å²) in [5, 5.41) is 10.2. The molecule has 0 amide bonds. The standard InChI is InChI=1S/C18H24O4/c1-4-6-8-13-14-10-15(19)12(7-5-2)9-16(14)22-17(13)11-18(20)21-3/h5,9-10,13,17,19H,2,4,6-8,11H2,1,3H3/t13-,17+/m0/s1. The summed E-state index contributed by atoms with van der Waals surface area (Å²) in [7, 11) is 1.39. The number of esters is 1. The third kappa shape index (κ3) is 3.43. The monoisotopic (exact) mass is 304 g/mol. The Kier molecular flexibility index (Phi) is 5.47. The van der Waals surface area contributed by atoms with Gasteiger partial charge in [-0.05, 0) is 25.0 Å². The second kappa shape index (κ2) is 7.34. The van der Waals surface area contributed by atoms with E-state index < -0.39 is 0 Å². The number of carbonyl (C=O) groups excluding carboxylic acids is 1. The highest BCUT2D eigenvalue weighted by Crippen LogP contribution is 2.45. The fourth-order valence-electron chi connectivity index (χ4n) is 2.98. The fourth-order valence-corrected chi connectivity index (χ4v) is 2.98. The highest BCUT2D eigenvalue weighted by molar-refractivity contribution is 5.70. The molecule has 0 bridgehead atoms. The number of fused-ring (bicyclic) bond motifs is 1. The lowest BCUT2D eigenvalue weighted by atomic mass is 9.88. The number of rotatable bonds is 7. The van der Waals surface area contributed by atoms with Crippen molar-refractivity contribution in [3.8, 4) is 11.5 Å². The van der Waals surface area contributed by atoms with Gasteiger partial charge in [-0.1, -0.05) is 25.8 Å². The maximum atomic E-state index is 11.6. The van der Waals surface area contributed by atoms with Crippen molar-refractivity contribution < 1.29 is 19.4 Å². The zero-order chi connectivity index (χ0) is 16.1. The molecule has 1 aliphatic heterocycles. The van der Waals surface area contributed by atoms with Crippen molar-refractivity contribution >= 4 is 5.97 Å². The van der Waals surface area contributed by atoms with E-state index in [4.69, 9.17) is 9.47 Å². The largest absolute Gasteiger partial charge is 0.508 e. The van der Waals surface area contributed by atoms with Crippen molar-refractivity contribution in [1.82, 2.24) is 0 Å². The molecule has 0 spiro atoms. The Hall–Kier alpha value is -1.97. The Balaban J connectivity index is 2.29. The Morgan fingerprint density at radius 2 is 2.27 bits per heavy atom. The first kappa shape index (κ1) is 16.4. The summed E-state index contributed by atoms with van der Waals surface area (Å²) in [6, 6.07) is 3.65. The number of benzene rings is 1. The molecule has 0 saturated heterocycles. The van der Waals surface area contributed by atoms with Crippen LogP contribution in [0.5, 0.6) is 11.5 Å². The topological polar surface area (TPSA) is 55.8 Å². The molecular formula is C18H24O4. The van der Waals surface area contributed by atoms with Gasteiger partial charge in [-0.25, -0.2) is 0 Å². The van der Waals surface area contributed by atoms with Gasteiger partial charge in [-0.2, -0.15) is 0 Å². The molecule has 2 atom stereocenters. The predicted octanol–water partition coefficient (Wildman–Crippen LogP) is 3.72. The molecule has 0 fully saturated rings. The van der Waals surface area contributed by atoms with Crippen LogP contribution in [0.25, 0.3) is 0 Å². The molecule has 0 aliphatic carbocycles. The van der Waals surface area contributed by atoms with Crippen LogP contribution in [0.4, 0.5) is 0 Å². The van der Waals surface area contributed by atoms with E-state index in [1.807, 2.05) is 6.07 Å². The number of phenolic OH excluding ortho intramolecular Hbond substituents is 1. The third-order valence-corrected chi connectivity index (χ3v) is 4.17. The molecule has 0 aromatic heterocycles. The minimum atomic E-state index is -0.269. The van der Waals surface area contributed by atoms with Crippen molar-refractivity contribution in [3.63, 3.8) is 0 Å². The SMILES string of the molecule is C=CCc1cc2c(cc1O)[C@H](CCCC)[C@@H](CC(=O)OC)O2. The minimum absolute atomic E-state index is 0.123. The van der Waals surface area contributed by atoms with E-state index >= 15 is 0 Å². The number of carbonyl (C=O) groups is 1. The molecular weight excluding hydrogens is 280 g/mol. The van der Waals surface area contributed by atoms with Crippen LogP contribution in [0.3, 0.4) is 0 Å². The average molecular weight is 304 g/mol. The number of ether oxygens (including phenoxy) is 2. The normalized spacial score (nSPS) is 19.4. The predicted molar refractivity (Wildman–Crippen MR) is 85.3 cm³/mol. The number of hydrogen-bond acceptors (Lipinski definition) is 4. The van der Waals surface area contributed by atoms with Gasteiger partial charge in [-0.3, -0.25) is 4.79 Å². The number of hydrogen-bond donors (Lipinski definition) is 1. The van der Waals surface area contributed by atoms with Gasteiger partial charge in [0.25, 0.3) is 0 Å². The third-order valence-electron chi connectivity index (χ3n) is 4.17. The molecule has 1 aromatic rings. The number of phenols is 1.